The zero-order valence-electron chi connectivity index (χ0n) is 10.6. The Morgan fingerprint density at radius 1 is 1.35 bits per heavy atom. The Balaban J connectivity index is 2.45. The third-order valence-electron chi connectivity index (χ3n) is 1.99. The van der Waals surface area contributed by atoms with Crippen LogP contribution in [0.25, 0.3) is 0 Å². The summed E-state index contributed by atoms with van der Waals surface area (Å²) in [5.41, 5.74) is 0.657. The molecule has 0 aliphatic carbocycles. The van der Waals surface area contributed by atoms with Crippen LogP contribution in [0.5, 0.6) is 0 Å². The summed E-state index contributed by atoms with van der Waals surface area (Å²) in [4.78, 5) is 23.9. The predicted molar refractivity (Wildman–Crippen MR) is 69.3 cm³/mol. The smallest absolute Gasteiger partial charge is 0.262 e. The van der Waals surface area contributed by atoms with E-state index in [1.54, 1.807) is 0 Å². The van der Waals surface area contributed by atoms with Gasteiger partial charge in [-0.2, -0.15) is 0 Å². The largest absolute Gasteiger partial charge is 0.350 e. The topological polar surface area (TPSA) is 58.2 Å². The molecule has 0 unspecified atom stereocenters. The summed E-state index contributed by atoms with van der Waals surface area (Å²) in [5, 5.41) is 7.25. The second kappa shape index (κ2) is 5.31. The Kier molecular flexibility index (Phi) is 4.28. The first-order valence-electron chi connectivity index (χ1n) is 5.43. The molecule has 0 atom stereocenters. The van der Waals surface area contributed by atoms with Crippen molar-refractivity contribution in [2.75, 3.05) is 6.54 Å². The molecule has 0 saturated heterocycles. The lowest BCUT2D eigenvalue weighted by Crippen LogP contribution is -2.45. The summed E-state index contributed by atoms with van der Waals surface area (Å²) >= 11 is 1.38. The fraction of sp³-hybridized carbons (Fsp3) is 0.500. The van der Waals surface area contributed by atoms with Crippen molar-refractivity contribution in [1.82, 2.24) is 10.6 Å². The molecule has 0 spiro atoms. The average Bonchev–Trinajstić information content (AvgIpc) is 2.58. The molecular weight excluding hydrogens is 236 g/mol. The maximum absolute atomic E-state index is 11.7. The van der Waals surface area contributed by atoms with Crippen molar-refractivity contribution in [1.29, 1.82) is 0 Å². The van der Waals surface area contributed by atoms with E-state index in [1.165, 1.54) is 11.3 Å². The summed E-state index contributed by atoms with van der Waals surface area (Å²) in [6, 6.07) is 1.88. The molecule has 0 fully saturated rings. The lowest BCUT2D eigenvalue weighted by atomic mass is 10.1. The molecule has 1 rings (SSSR count). The number of nitrogens with one attached hydrogen (secondary N) is 2. The SMILES string of the molecule is Cc1ccsc1C(=O)NCC(=O)NC(C)(C)C. The van der Waals surface area contributed by atoms with Gasteiger partial charge in [-0.05, 0) is 44.7 Å². The van der Waals surface area contributed by atoms with Crippen LogP contribution in [0, 0.1) is 6.92 Å². The number of carbonyl (C=O) groups excluding carboxylic acids is 2. The fourth-order valence-electron chi connectivity index (χ4n) is 1.31. The van der Waals surface area contributed by atoms with E-state index in [2.05, 4.69) is 10.6 Å². The Morgan fingerprint density at radius 3 is 2.47 bits per heavy atom. The molecule has 5 heteroatoms. The van der Waals surface area contributed by atoms with Crippen LogP contribution in [0.1, 0.15) is 36.0 Å². The lowest BCUT2D eigenvalue weighted by molar-refractivity contribution is -0.121. The first-order valence-corrected chi connectivity index (χ1v) is 6.31. The highest BCUT2D eigenvalue weighted by Crippen LogP contribution is 2.14. The van der Waals surface area contributed by atoms with Crippen molar-refractivity contribution in [3.05, 3.63) is 21.9 Å². The van der Waals surface area contributed by atoms with E-state index in [0.717, 1.165) is 5.56 Å². The molecule has 2 amide bonds. The van der Waals surface area contributed by atoms with Crippen molar-refractivity contribution in [2.24, 2.45) is 0 Å². The first kappa shape index (κ1) is 13.7. The average molecular weight is 254 g/mol. The molecule has 0 bridgehead atoms. The number of rotatable bonds is 3. The molecule has 1 aromatic heterocycles. The van der Waals surface area contributed by atoms with E-state index in [0.29, 0.717) is 4.88 Å². The van der Waals surface area contributed by atoms with Gasteiger partial charge in [-0.1, -0.05) is 0 Å². The van der Waals surface area contributed by atoms with Gasteiger partial charge in [-0.25, -0.2) is 0 Å². The molecule has 0 radical (unpaired) electrons. The van der Waals surface area contributed by atoms with Gasteiger partial charge in [0.1, 0.15) is 0 Å². The molecule has 0 aliphatic heterocycles. The van der Waals surface area contributed by atoms with Gasteiger partial charge in [0.05, 0.1) is 11.4 Å². The highest BCUT2D eigenvalue weighted by atomic mass is 32.1. The van der Waals surface area contributed by atoms with Gasteiger partial charge in [0.2, 0.25) is 5.91 Å². The van der Waals surface area contributed by atoms with Crippen LogP contribution in [0.3, 0.4) is 0 Å². The van der Waals surface area contributed by atoms with Crippen molar-refractivity contribution in [3.8, 4) is 0 Å². The van der Waals surface area contributed by atoms with Crippen LogP contribution >= 0.6 is 11.3 Å². The highest BCUT2D eigenvalue weighted by molar-refractivity contribution is 7.12. The summed E-state index contributed by atoms with van der Waals surface area (Å²) < 4.78 is 0. The highest BCUT2D eigenvalue weighted by Gasteiger charge is 2.15. The second-order valence-corrected chi connectivity index (χ2v) is 5.83. The Morgan fingerprint density at radius 2 is 2.00 bits per heavy atom. The third kappa shape index (κ3) is 4.56. The zero-order chi connectivity index (χ0) is 13.1. The van der Waals surface area contributed by atoms with Gasteiger partial charge < -0.3 is 10.6 Å². The first-order chi connectivity index (χ1) is 7.79. The number of thiophene rings is 1. The van der Waals surface area contributed by atoms with Crippen molar-refractivity contribution in [2.45, 2.75) is 33.2 Å². The molecule has 1 heterocycles. The number of carbonyl (C=O) groups is 2. The minimum atomic E-state index is -0.277. The number of hydrogen-bond acceptors (Lipinski definition) is 3. The van der Waals surface area contributed by atoms with Crippen molar-refractivity contribution >= 4 is 23.2 Å². The zero-order valence-corrected chi connectivity index (χ0v) is 11.4. The van der Waals surface area contributed by atoms with E-state index in [9.17, 15) is 9.59 Å². The molecule has 0 aromatic carbocycles. The summed E-state index contributed by atoms with van der Waals surface area (Å²) in [5.74, 6) is -0.374. The van der Waals surface area contributed by atoms with Crippen LogP contribution in [0.15, 0.2) is 11.4 Å². The molecular formula is C12H18N2O2S. The van der Waals surface area contributed by atoms with Crippen molar-refractivity contribution < 1.29 is 9.59 Å². The van der Waals surface area contributed by atoms with Crippen LogP contribution in [0.2, 0.25) is 0 Å². The van der Waals surface area contributed by atoms with Crippen molar-refractivity contribution in [3.63, 3.8) is 0 Å². The summed E-state index contributed by atoms with van der Waals surface area (Å²) in [6.45, 7) is 7.58. The van der Waals surface area contributed by atoms with Crippen LogP contribution < -0.4 is 10.6 Å². The fourth-order valence-corrected chi connectivity index (χ4v) is 2.15. The van der Waals surface area contributed by atoms with Crippen LogP contribution in [0.4, 0.5) is 0 Å². The number of hydrogen-bond donors (Lipinski definition) is 2. The number of aryl methyl sites for hydroxylation is 1. The van der Waals surface area contributed by atoms with Gasteiger partial charge in [-0.3, -0.25) is 9.59 Å². The van der Waals surface area contributed by atoms with E-state index in [1.807, 2.05) is 39.1 Å². The summed E-state index contributed by atoms with van der Waals surface area (Å²) in [7, 11) is 0. The Labute approximate surface area is 105 Å². The van der Waals surface area contributed by atoms with Gasteiger partial charge in [-0.15, -0.1) is 11.3 Å². The molecule has 1 aromatic rings. The lowest BCUT2D eigenvalue weighted by Gasteiger charge is -2.20. The molecule has 0 aliphatic rings. The third-order valence-corrected chi connectivity index (χ3v) is 3.01. The van der Waals surface area contributed by atoms with Gasteiger partial charge >= 0.3 is 0 Å². The molecule has 4 nitrogen and oxygen atoms in total. The van der Waals surface area contributed by atoms with Gasteiger partial charge in [0, 0.05) is 5.54 Å². The molecule has 94 valence electrons. The molecule has 2 N–H and O–H groups in total. The maximum atomic E-state index is 11.7. The van der Waals surface area contributed by atoms with Gasteiger partial charge in [0.15, 0.2) is 0 Å². The normalized spacial score (nSPS) is 11.1. The maximum Gasteiger partial charge on any atom is 0.262 e. The van der Waals surface area contributed by atoms with E-state index < -0.39 is 0 Å². The van der Waals surface area contributed by atoms with E-state index in [4.69, 9.17) is 0 Å². The van der Waals surface area contributed by atoms with Crippen LogP contribution in [-0.4, -0.2) is 23.9 Å². The monoisotopic (exact) mass is 254 g/mol. The summed E-state index contributed by atoms with van der Waals surface area (Å²) in [6.07, 6.45) is 0. The second-order valence-electron chi connectivity index (χ2n) is 4.91. The minimum Gasteiger partial charge on any atom is -0.350 e. The molecule has 0 saturated carbocycles. The quantitative estimate of drug-likeness (QED) is 0.862. The standard InChI is InChI=1S/C12H18N2O2S/c1-8-5-6-17-10(8)11(16)13-7-9(15)14-12(2,3)4/h5-6H,7H2,1-4H3,(H,13,16)(H,14,15). The molecule has 17 heavy (non-hydrogen) atoms. The predicted octanol–water partition coefficient (Wildman–Crippen LogP) is 1.70. The minimum absolute atomic E-state index is 0.00738. The van der Waals surface area contributed by atoms with Crippen LogP contribution in [-0.2, 0) is 4.79 Å². The Bertz CT molecular complexity index is 418. The van der Waals surface area contributed by atoms with E-state index >= 15 is 0 Å². The number of amides is 2. The van der Waals surface area contributed by atoms with Gasteiger partial charge in [0.25, 0.3) is 5.91 Å². The Hall–Kier alpha value is -1.36. The van der Waals surface area contributed by atoms with E-state index in [-0.39, 0.29) is 23.9 Å².